The van der Waals surface area contributed by atoms with Crippen LogP contribution in [0, 0.1) is 6.92 Å². The second-order valence-electron chi connectivity index (χ2n) is 4.72. The second kappa shape index (κ2) is 6.09. The number of hydrogen-bond acceptors (Lipinski definition) is 2. The van der Waals surface area contributed by atoms with Gasteiger partial charge in [-0.15, -0.1) is 0 Å². The minimum absolute atomic E-state index is 0.0771. The van der Waals surface area contributed by atoms with Crippen molar-refractivity contribution in [3.8, 4) is 0 Å². The average Bonchev–Trinajstić information content (AvgIpc) is 2.41. The first kappa shape index (κ1) is 14.6. The SMILES string of the molecule is Cc1ccc(C(=O)O)cc1NC(C)c1ccccc1Br. The highest BCUT2D eigenvalue weighted by molar-refractivity contribution is 9.10. The maximum Gasteiger partial charge on any atom is 0.335 e. The van der Waals surface area contributed by atoms with E-state index < -0.39 is 5.97 Å². The average molecular weight is 334 g/mol. The lowest BCUT2D eigenvalue weighted by molar-refractivity contribution is 0.0697. The number of aromatic carboxylic acids is 1. The van der Waals surface area contributed by atoms with Crippen LogP contribution in [0.4, 0.5) is 5.69 Å². The molecular weight excluding hydrogens is 318 g/mol. The van der Waals surface area contributed by atoms with E-state index in [1.165, 1.54) is 0 Å². The van der Waals surface area contributed by atoms with Crippen LogP contribution in [-0.4, -0.2) is 11.1 Å². The Labute approximate surface area is 126 Å². The van der Waals surface area contributed by atoms with Gasteiger partial charge < -0.3 is 10.4 Å². The van der Waals surface area contributed by atoms with Gasteiger partial charge in [-0.25, -0.2) is 4.79 Å². The lowest BCUT2D eigenvalue weighted by atomic mass is 10.1. The van der Waals surface area contributed by atoms with Gasteiger partial charge in [-0.1, -0.05) is 40.2 Å². The zero-order valence-corrected chi connectivity index (χ0v) is 12.9. The Morgan fingerprint density at radius 1 is 1.25 bits per heavy atom. The zero-order valence-electron chi connectivity index (χ0n) is 11.4. The van der Waals surface area contributed by atoms with Crippen molar-refractivity contribution in [2.45, 2.75) is 19.9 Å². The quantitative estimate of drug-likeness (QED) is 0.857. The molecule has 1 atom stereocenters. The summed E-state index contributed by atoms with van der Waals surface area (Å²) in [6.45, 7) is 4.01. The highest BCUT2D eigenvalue weighted by atomic mass is 79.9. The Morgan fingerprint density at radius 2 is 1.95 bits per heavy atom. The summed E-state index contributed by atoms with van der Waals surface area (Å²) >= 11 is 3.53. The predicted octanol–water partition coefficient (Wildman–Crippen LogP) is 4.63. The van der Waals surface area contributed by atoms with Crippen LogP contribution in [-0.2, 0) is 0 Å². The van der Waals surface area contributed by atoms with Crippen LogP contribution in [0.5, 0.6) is 0 Å². The Hall–Kier alpha value is -1.81. The zero-order chi connectivity index (χ0) is 14.7. The summed E-state index contributed by atoms with van der Waals surface area (Å²) in [6, 6.07) is 13.2. The van der Waals surface area contributed by atoms with E-state index in [1.54, 1.807) is 12.1 Å². The number of nitrogens with one attached hydrogen (secondary N) is 1. The summed E-state index contributed by atoms with van der Waals surface area (Å²) in [5.74, 6) is -0.915. The maximum absolute atomic E-state index is 11.0. The van der Waals surface area contributed by atoms with E-state index >= 15 is 0 Å². The summed E-state index contributed by atoms with van der Waals surface area (Å²) in [4.78, 5) is 11.0. The van der Waals surface area contributed by atoms with E-state index in [-0.39, 0.29) is 11.6 Å². The van der Waals surface area contributed by atoms with Crippen molar-refractivity contribution in [2.24, 2.45) is 0 Å². The number of halogens is 1. The molecule has 0 aliphatic rings. The summed E-state index contributed by atoms with van der Waals surface area (Å²) in [6.07, 6.45) is 0. The van der Waals surface area contributed by atoms with Gasteiger partial charge >= 0.3 is 5.97 Å². The molecule has 0 heterocycles. The molecule has 0 saturated heterocycles. The molecule has 0 fully saturated rings. The van der Waals surface area contributed by atoms with Crippen LogP contribution in [0.15, 0.2) is 46.9 Å². The van der Waals surface area contributed by atoms with Gasteiger partial charge in [0.1, 0.15) is 0 Å². The van der Waals surface area contributed by atoms with Crippen molar-refractivity contribution in [3.63, 3.8) is 0 Å². The smallest absolute Gasteiger partial charge is 0.335 e. The van der Waals surface area contributed by atoms with Crippen molar-refractivity contribution < 1.29 is 9.90 Å². The van der Waals surface area contributed by atoms with Crippen molar-refractivity contribution in [3.05, 3.63) is 63.6 Å². The van der Waals surface area contributed by atoms with Crippen LogP contribution in [0.3, 0.4) is 0 Å². The number of rotatable bonds is 4. The van der Waals surface area contributed by atoms with Gasteiger partial charge in [0, 0.05) is 16.2 Å². The number of carboxylic acid groups (broad SMARTS) is 1. The highest BCUT2D eigenvalue weighted by Crippen LogP contribution is 2.27. The fraction of sp³-hybridized carbons (Fsp3) is 0.188. The maximum atomic E-state index is 11.0. The van der Waals surface area contributed by atoms with E-state index in [0.717, 1.165) is 21.3 Å². The molecule has 0 aliphatic heterocycles. The van der Waals surface area contributed by atoms with Crippen LogP contribution < -0.4 is 5.32 Å². The van der Waals surface area contributed by atoms with Gasteiger partial charge in [0.25, 0.3) is 0 Å². The topological polar surface area (TPSA) is 49.3 Å². The number of hydrogen-bond donors (Lipinski definition) is 2. The molecule has 0 radical (unpaired) electrons. The third kappa shape index (κ3) is 3.20. The first-order valence-corrected chi connectivity index (χ1v) is 7.13. The van der Waals surface area contributed by atoms with Gasteiger partial charge in [0.05, 0.1) is 5.56 Å². The molecule has 1 unspecified atom stereocenters. The molecule has 0 aliphatic carbocycles. The Bertz CT molecular complexity index is 640. The molecule has 2 aromatic rings. The summed E-state index contributed by atoms with van der Waals surface area (Å²) in [7, 11) is 0. The molecule has 0 spiro atoms. The van der Waals surface area contributed by atoms with E-state index in [9.17, 15) is 4.79 Å². The normalized spacial score (nSPS) is 11.9. The molecular formula is C16H16BrNO2. The monoisotopic (exact) mass is 333 g/mol. The van der Waals surface area contributed by atoms with Crippen LogP contribution in [0.25, 0.3) is 0 Å². The largest absolute Gasteiger partial charge is 0.478 e. The Balaban J connectivity index is 2.28. The highest BCUT2D eigenvalue weighted by Gasteiger charge is 2.11. The molecule has 2 N–H and O–H groups in total. The van der Waals surface area contributed by atoms with Crippen molar-refractivity contribution in [2.75, 3.05) is 5.32 Å². The molecule has 4 heteroatoms. The first-order chi connectivity index (χ1) is 9.49. The van der Waals surface area contributed by atoms with Crippen molar-refractivity contribution >= 4 is 27.6 Å². The van der Waals surface area contributed by atoms with Crippen molar-refractivity contribution in [1.29, 1.82) is 0 Å². The van der Waals surface area contributed by atoms with Gasteiger partial charge in [0.2, 0.25) is 0 Å². The predicted molar refractivity (Wildman–Crippen MR) is 84.3 cm³/mol. The second-order valence-corrected chi connectivity index (χ2v) is 5.58. The Kier molecular flexibility index (Phi) is 4.45. The van der Waals surface area contributed by atoms with E-state index in [1.807, 2.05) is 44.2 Å². The molecule has 104 valence electrons. The van der Waals surface area contributed by atoms with E-state index in [0.29, 0.717) is 0 Å². The molecule has 0 bridgehead atoms. The lowest BCUT2D eigenvalue weighted by Gasteiger charge is -2.19. The molecule has 0 aromatic heterocycles. The summed E-state index contributed by atoms with van der Waals surface area (Å²) < 4.78 is 1.03. The van der Waals surface area contributed by atoms with Gasteiger partial charge in [-0.05, 0) is 43.2 Å². The Morgan fingerprint density at radius 3 is 2.60 bits per heavy atom. The number of carbonyl (C=O) groups is 1. The summed E-state index contributed by atoms with van der Waals surface area (Å²) in [5.41, 5.74) is 3.28. The third-order valence-electron chi connectivity index (χ3n) is 3.23. The molecule has 0 saturated carbocycles. The standard InChI is InChI=1S/C16H16BrNO2/c1-10-7-8-12(16(19)20)9-15(10)18-11(2)13-5-3-4-6-14(13)17/h3-9,11,18H,1-2H3,(H,19,20). The number of aryl methyl sites for hydroxylation is 1. The fourth-order valence-electron chi connectivity index (χ4n) is 2.05. The molecule has 0 amide bonds. The third-order valence-corrected chi connectivity index (χ3v) is 3.95. The molecule has 2 aromatic carbocycles. The minimum atomic E-state index is -0.915. The summed E-state index contributed by atoms with van der Waals surface area (Å²) in [5, 5.41) is 12.4. The molecule has 3 nitrogen and oxygen atoms in total. The molecule has 20 heavy (non-hydrogen) atoms. The fourth-order valence-corrected chi connectivity index (χ4v) is 2.68. The van der Waals surface area contributed by atoms with E-state index in [4.69, 9.17) is 5.11 Å². The lowest BCUT2D eigenvalue weighted by Crippen LogP contribution is -2.09. The van der Waals surface area contributed by atoms with Crippen molar-refractivity contribution in [1.82, 2.24) is 0 Å². The van der Waals surface area contributed by atoms with Gasteiger partial charge in [-0.3, -0.25) is 0 Å². The van der Waals surface area contributed by atoms with Crippen LogP contribution in [0.1, 0.15) is 34.5 Å². The van der Waals surface area contributed by atoms with E-state index in [2.05, 4.69) is 21.2 Å². The number of anilines is 1. The number of carboxylic acids is 1. The minimum Gasteiger partial charge on any atom is -0.478 e. The molecule has 2 rings (SSSR count). The van der Waals surface area contributed by atoms with Crippen LogP contribution in [0.2, 0.25) is 0 Å². The van der Waals surface area contributed by atoms with Gasteiger partial charge in [0.15, 0.2) is 0 Å². The number of benzene rings is 2. The van der Waals surface area contributed by atoms with Gasteiger partial charge in [-0.2, -0.15) is 0 Å². The van der Waals surface area contributed by atoms with Crippen LogP contribution >= 0.6 is 15.9 Å². The first-order valence-electron chi connectivity index (χ1n) is 6.34.